The molecule has 0 aromatic rings. The number of rotatable bonds is 4. The smallest absolute Gasteiger partial charge is 0.0970 e. The van der Waals surface area contributed by atoms with Crippen LogP contribution in [0.3, 0.4) is 0 Å². The SMILES string of the molecule is CC12C=C(Cl)C(Cl)([C@H](C(=O)[O-])[C@@H]1C(=O)[O-])[C@@H](C(=O)[O-])[C@@H]2C(=O)[O-]. The maximum absolute atomic E-state index is 11.4. The van der Waals surface area contributed by atoms with Gasteiger partial charge in [0.05, 0.1) is 4.87 Å². The van der Waals surface area contributed by atoms with Crippen LogP contribution in [0.25, 0.3) is 0 Å². The Morgan fingerprint density at radius 2 is 1.17 bits per heavy atom. The van der Waals surface area contributed by atoms with Gasteiger partial charge in [0.25, 0.3) is 0 Å². The van der Waals surface area contributed by atoms with Gasteiger partial charge in [-0.3, -0.25) is 0 Å². The Balaban J connectivity index is 2.88. The van der Waals surface area contributed by atoms with Crippen molar-refractivity contribution in [2.45, 2.75) is 11.8 Å². The third-order valence-corrected chi connectivity index (χ3v) is 5.92. The number of hydrogen-bond donors (Lipinski definition) is 0. The van der Waals surface area contributed by atoms with Crippen LogP contribution in [0.5, 0.6) is 0 Å². The van der Waals surface area contributed by atoms with Crippen molar-refractivity contribution in [3.05, 3.63) is 11.1 Å². The Hall–Kier alpha value is -1.80. The van der Waals surface area contributed by atoms with E-state index in [9.17, 15) is 39.6 Å². The number of halogens is 2. The van der Waals surface area contributed by atoms with Crippen molar-refractivity contribution in [1.82, 2.24) is 0 Å². The molecule has 0 saturated heterocycles. The fourth-order valence-corrected chi connectivity index (χ4v) is 4.80. The molecule has 126 valence electrons. The van der Waals surface area contributed by atoms with Gasteiger partial charge in [0.2, 0.25) is 0 Å². The largest absolute Gasteiger partial charge is 0.550 e. The first-order valence-electron chi connectivity index (χ1n) is 6.31. The van der Waals surface area contributed by atoms with Crippen LogP contribution in [0, 0.1) is 29.1 Å². The molecule has 3 aliphatic carbocycles. The fraction of sp³-hybridized carbons (Fsp3) is 0.538. The number of carbonyl (C=O) groups is 4. The molecule has 2 bridgehead atoms. The highest BCUT2D eigenvalue weighted by Crippen LogP contribution is 2.65. The van der Waals surface area contributed by atoms with E-state index in [1.807, 2.05) is 0 Å². The zero-order valence-corrected chi connectivity index (χ0v) is 12.9. The first-order chi connectivity index (χ1) is 10.4. The molecule has 0 N–H and O–H groups in total. The van der Waals surface area contributed by atoms with E-state index in [1.54, 1.807) is 0 Å². The molecule has 1 fully saturated rings. The van der Waals surface area contributed by atoms with Gasteiger partial charge in [-0.05, 0) is 0 Å². The third-order valence-electron chi connectivity index (χ3n) is 4.73. The number of aliphatic carboxylic acids is 4. The molecular formula is C13H8Cl2O8-4. The van der Waals surface area contributed by atoms with Crippen molar-refractivity contribution in [3.63, 3.8) is 0 Å². The third kappa shape index (κ3) is 2.05. The van der Waals surface area contributed by atoms with E-state index >= 15 is 0 Å². The predicted molar refractivity (Wildman–Crippen MR) is 64.6 cm³/mol. The minimum absolute atomic E-state index is 0.500. The molecule has 0 aromatic carbocycles. The van der Waals surface area contributed by atoms with Crippen molar-refractivity contribution in [1.29, 1.82) is 0 Å². The summed E-state index contributed by atoms with van der Waals surface area (Å²) >= 11 is 12.0. The van der Waals surface area contributed by atoms with Gasteiger partial charge < -0.3 is 39.6 Å². The summed E-state index contributed by atoms with van der Waals surface area (Å²) in [6, 6.07) is 0. The standard InChI is InChI=1S/C13H12Cl2O8/c1-12-2-3(14)13(15,6(10(20)21)4(12)8(16)17)7(11(22)23)5(12)9(18)19/h2,4-7H,1H3,(H,16,17)(H,18,19)(H,20,21)(H,22,23)/p-4/t4-,5-,6-,7+,12?,13?/m1/s1. The summed E-state index contributed by atoms with van der Waals surface area (Å²) in [4.78, 5) is 43.2. The van der Waals surface area contributed by atoms with Crippen molar-refractivity contribution in [2.75, 3.05) is 0 Å². The zero-order chi connectivity index (χ0) is 17.9. The van der Waals surface area contributed by atoms with E-state index in [1.165, 1.54) is 0 Å². The predicted octanol–water partition coefficient (Wildman–Crippen LogP) is -4.42. The second kappa shape index (κ2) is 5.10. The highest BCUT2D eigenvalue weighted by molar-refractivity contribution is 6.42. The van der Waals surface area contributed by atoms with Gasteiger partial charge in [-0.25, -0.2) is 0 Å². The Morgan fingerprint density at radius 1 is 0.870 bits per heavy atom. The van der Waals surface area contributed by atoms with Crippen LogP contribution >= 0.6 is 23.2 Å². The van der Waals surface area contributed by atoms with E-state index < -0.39 is 62.9 Å². The van der Waals surface area contributed by atoms with E-state index in [2.05, 4.69) is 0 Å². The molecule has 6 atom stereocenters. The molecule has 0 radical (unpaired) electrons. The van der Waals surface area contributed by atoms with E-state index in [-0.39, 0.29) is 0 Å². The molecule has 8 nitrogen and oxygen atoms in total. The van der Waals surface area contributed by atoms with Gasteiger partial charge in [-0.15, -0.1) is 11.6 Å². The van der Waals surface area contributed by atoms with Gasteiger partial charge in [-0.2, -0.15) is 0 Å². The van der Waals surface area contributed by atoms with Gasteiger partial charge in [-0.1, -0.05) is 24.6 Å². The van der Waals surface area contributed by atoms with Crippen LogP contribution in [0.4, 0.5) is 0 Å². The van der Waals surface area contributed by atoms with Crippen LogP contribution in [-0.2, 0) is 19.2 Å². The average molecular weight is 363 g/mol. The van der Waals surface area contributed by atoms with Gasteiger partial charge in [0.15, 0.2) is 0 Å². The number of carboxylic acid groups (broad SMARTS) is 4. The topological polar surface area (TPSA) is 161 Å². The summed E-state index contributed by atoms with van der Waals surface area (Å²) < 4.78 is 0. The average Bonchev–Trinajstić information content (AvgIpc) is 2.36. The lowest BCUT2D eigenvalue weighted by Crippen LogP contribution is -2.74. The normalized spacial score (nSPS) is 42.0. The second-order valence-corrected chi connectivity index (χ2v) is 6.85. The zero-order valence-electron chi connectivity index (χ0n) is 11.4. The lowest BCUT2D eigenvalue weighted by Gasteiger charge is -2.64. The molecule has 23 heavy (non-hydrogen) atoms. The van der Waals surface area contributed by atoms with Crippen LogP contribution in [0.1, 0.15) is 6.92 Å². The Morgan fingerprint density at radius 3 is 1.43 bits per heavy atom. The summed E-state index contributed by atoms with van der Waals surface area (Å²) in [6.45, 7) is 1.04. The number of hydrogen-bond acceptors (Lipinski definition) is 8. The monoisotopic (exact) mass is 362 g/mol. The van der Waals surface area contributed by atoms with E-state index in [4.69, 9.17) is 23.2 Å². The molecule has 1 saturated carbocycles. The Labute approximate surface area is 139 Å². The molecule has 3 aliphatic rings. The second-order valence-electron chi connectivity index (χ2n) is 5.81. The number of alkyl halides is 1. The van der Waals surface area contributed by atoms with Crippen LogP contribution in [0.15, 0.2) is 11.1 Å². The molecule has 0 heterocycles. The maximum Gasteiger partial charge on any atom is 0.0970 e. The molecule has 0 amide bonds. The van der Waals surface area contributed by atoms with Gasteiger partial charge >= 0.3 is 0 Å². The molecule has 2 unspecified atom stereocenters. The minimum Gasteiger partial charge on any atom is -0.550 e. The summed E-state index contributed by atoms with van der Waals surface area (Å²) in [5, 5.41) is 45.3. The number of allylic oxidation sites excluding steroid dienone is 2. The van der Waals surface area contributed by atoms with Crippen molar-refractivity contribution < 1.29 is 39.6 Å². The highest BCUT2D eigenvalue weighted by atomic mass is 35.5. The quantitative estimate of drug-likeness (QED) is 0.452. The summed E-state index contributed by atoms with van der Waals surface area (Å²) in [5.74, 6) is -16.0. The minimum atomic E-state index is -2.56. The first-order valence-corrected chi connectivity index (χ1v) is 7.07. The van der Waals surface area contributed by atoms with Crippen molar-refractivity contribution in [2.24, 2.45) is 29.1 Å². The molecule has 0 aromatic heterocycles. The van der Waals surface area contributed by atoms with Crippen molar-refractivity contribution >= 4 is 47.1 Å². The molecular weight excluding hydrogens is 355 g/mol. The summed E-state index contributed by atoms with van der Waals surface area (Å²) in [6.07, 6.45) is 0.932. The Kier molecular flexibility index (Phi) is 3.89. The number of carboxylic acids is 4. The molecule has 0 spiro atoms. The lowest BCUT2D eigenvalue weighted by molar-refractivity contribution is -0.351. The van der Waals surface area contributed by atoms with E-state index in [0.717, 1.165) is 13.0 Å². The molecule has 3 rings (SSSR count). The van der Waals surface area contributed by atoms with Gasteiger partial charge in [0.1, 0.15) is 0 Å². The maximum atomic E-state index is 11.4. The number of fused-ring (bicyclic) bond motifs is 2. The summed E-state index contributed by atoms with van der Waals surface area (Å²) in [5.41, 5.74) is -2.03. The summed E-state index contributed by atoms with van der Waals surface area (Å²) in [7, 11) is 0. The van der Waals surface area contributed by atoms with Crippen LogP contribution in [0.2, 0.25) is 0 Å². The first kappa shape index (κ1) is 17.6. The highest BCUT2D eigenvalue weighted by Gasteiger charge is 2.68. The van der Waals surface area contributed by atoms with Crippen LogP contribution < -0.4 is 20.4 Å². The number of carbonyl (C=O) groups excluding carboxylic acids is 4. The molecule has 10 heteroatoms. The van der Waals surface area contributed by atoms with Crippen molar-refractivity contribution in [3.8, 4) is 0 Å². The lowest BCUT2D eigenvalue weighted by atomic mass is 9.46. The molecule has 0 aliphatic heterocycles. The van der Waals surface area contributed by atoms with Gasteiger partial charge in [0, 0.05) is 58.0 Å². The fourth-order valence-electron chi connectivity index (χ4n) is 3.85. The van der Waals surface area contributed by atoms with Crippen LogP contribution in [-0.4, -0.2) is 28.8 Å². The Bertz CT molecular complexity index is 614. The van der Waals surface area contributed by atoms with E-state index in [0.29, 0.717) is 0 Å².